The van der Waals surface area contributed by atoms with Crippen LogP contribution in [0, 0.1) is 0 Å². The summed E-state index contributed by atoms with van der Waals surface area (Å²) in [5, 5.41) is 6.89. The van der Waals surface area contributed by atoms with E-state index in [1.165, 1.54) is 3.97 Å². The summed E-state index contributed by atoms with van der Waals surface area (Å²) in [5.41, 5.74) is 2.61. The summed E-state index contributed by atoms with van der Waals surface area (Å²) >= 11 is 0. The summed E-state index contributed by atoms with van der Waals surface area (Å²) in [7, 11) is -1.82. The van der Waals surface area contributed by atoms with Crippen molar-refractivity contribution in [2.24, 2.45) is 0 Å². The third kappa shape index (κ3) is 4.36. The second kappa shape index (κ2) is 9.32. The monoisotopic (exact) mass is 471 g/mol. The van der Waals surface area contributed by atoms with E-state index in [1.807, 2.05) is 0 Å². The molecule has 0 spiro atoms. The average molecular weight is 472 g/mol. The van der Waals surface area contributed by atoms with Crippen LogP contribution in [0.4, 0.5) is 0 Å². The van der Waals surface area contributed by atoms with E-state index in [0.717, 1.165) is 31.4 Å². The van der Waals surface area contributed by atoms with Crippen molar-refractivity contribution in [1.29, 1.82) is 0 Å². The Morgan fingerprint density at radius 2 is 2.06 bits per heavy atom. The van der Waals surface area contributed by atoms with Gasteiger partial charge in [0, 0.05) is 30.4 Å². The summed E-state index contributed by atoms with van der Waals surface area (Å²) in [6.45, 7) is 0.783. The van der Waals surface area contributed by atoms with Gasteiger partial charge in [-0.1, -0.05) is 6.07 Å². The van der Waals surface area contributed by atoms with E-state index in [4.69, 9.17) is 14.6 Å². The van der Waals surface area contributed by atoms with Gasteiger partial charge >= 0.3 is 0 Å². The minimum Gasteiger partial charge on any atom is -0.485 e. The largest absolute Gasteiger partial charge is 0.485 e. The molecule has 1 fully saturated rings. The zero-order valence-corrected chi connectivity index (χ0v) is 19.0. The second-order valence-electron chi connectivity index (χ2n) is 8.15. The Labute approximate surface area is 191 Å². The molecule has 0 amide bonds. The summed E-state index contributed by atoms with van der Waals surface area (Å²) in [5.74, 6) is 0.326. The van der Waals surface area contributed by atoms with Gasteiger partial charge in [-0.2, -0.15) is 0 Å². The molecular weight excluding hydrogens is 446 g/mol. The SMILES string of the molecule is CN1CCC[C@H]1Cc1cn(S(=O)(=O)c2cccc3c2CC(=O)CO3)c2cccnc12.O=CO. The van der Waals surface area contributed by atoms with Crippen LogP contribution in [0.2, 0.25) is 0 Å². The lowest BCUT2D eigenvalue weighted by Gasteiger charge is -2.20. The first-order valence-corrected chi connectivity index (χ1v) is 12.1. The summed E-state index contributed by atoms with van der Waals surface area (Å²) in [6, 6.07) is 8.80. The molecule has 4 heterocycles. The average Bonchev–Trinajstić information content (AvgIpc) is 3.38. The number of benzene rings is 1. The maximum Gasteiger partial charge on any atom is 0.290 e. The molecule has 1 saturated heterocycles. The summed E-state index contributed by atoms with van der Waals surface area (Å²) in [4.78, 5) is 27.2. The number of nitrogens with zero attached hydrogens (tertiary/aromatic N) is 3. The van der Waals surface area contributed by atoms with Crippen LogP contribution in [-0.2, 0) is 32.5 Å². The molecule has 2 aromatic heterocycles. The lowest BCUT2D eigenvalue weighted by Crippen LogP contribution is -2.26. The zero-order valence-electron chi connectivity index (χ0n) is 18.2. The fourth-order valence-electron chi connectivity index (χ4n) is 4.54. The van der Waals surface area contributed by atoms with Gasteiger partial charge in [0.1, 0.15) is 12.4 Å². The van der Waals surface area contributed by atoms with E-state index < -0.39 is 10.0 Å². The fourth-order valence-corrected chi connectivity index (χ4v) is 6.16. The van der Waals surface area contributed by atoms with Crippen molar-refractivity contribution in [2.45, 2.75) is 36.6 Å². The Hall–Kier alpha value is -3.24. The van der Waals surface area contributed by atoms with E-state index in [2.05, 4.69) is 16.9 Å². The van der Waals surface area contributed by atoms with Crippen molar-refractivity contribution in [3.05, 3.63) is 53.9 Å². The smallest absolute Gasteiger partial charge is 0.290 e. The van der Waals surface area contributed by atoms with Crippen LogP contribution in [0.3, 0.4) is 0 Å². The van der Waals surface area contributed by atoms with Crippen molar-refractivity contribution < 1.29 is 27.9 Å². The molecule has 2 aliphatic heterocycles. The number of aromatic nitrogens is 2. The first-order valence-electron chi connectivity index (χ1n) is 10.6. The summed E-state index contributed by atoms with van der Waals surface area (Å²) in [6.07, 6.45) is 6.44. The molecule has 3 aromatic rings. The number of rotatable bonds is 4. The Kier molecular flexibility index (Phi) is 6.48. The van der Waals surface area contributed by atoms with Crippen molar-refractivity contribution in [2.75, 3.05) is 20.2 Å². The highest BCUT2D eigenvalue weighted by molar-refractivity contribution is 7.90. The topological polar surface area (TPSA) is 119 Å². The molecule has 9 nitrogen and oxygen atoms in total. The van der Waals surface area contributed by atoms with Gasteiger partial charge in [-0.15, -0.1) is 0 Å². The number of pyridine rings is 1. The number of fused-ring (bicyclic) bond motifs is 2. The van der Waals surface area contributed by atoms with Crippen molar-refractivity contribution in [3.8, 4) is 5.75 Å². The van der Waals surface area contributed by atoms with Crippen molar-refractivity contribution >= 4 is 33.3 Å². The highest BCUT2D eigenvalue weighted by Crippen LogP contribution is 2.33. The standard InChI is InChI=1S/C22H23N3O4S.CH2O2/c1-24-10-4-5-16(24)11-15-13-25(19-6-3-9-23-22(15)19)30(27,28)21-8-2-7-20-18(21)12-17(26)14-29-20;2-1-3/h2-3,6-9,13,16H,4-5,10-12,14H2,1H3;1H,(H,2,3)/t16-;/m0./s1. The van der Waals surface area contributed by atoms with E-state index in [1.54, 1.807) is 42.7 Å². The van der Waals surface area contributed by atoms with Gasteiger partial charge in [0.25, 0.3) is 16.5 Å². The molecule has 0 radical (unpaired) electrons. The molecule has 0 bridgehead atoms. The number of ether oxygens (including phenoxy) is 1. The molecule has 1 aromatic carbocycles. The van der Waals surface area contributed by atoms with Crippen LogP contribution in [0.25, 0.3) is 11.0 Å². The van der Waals surface area contributed by atoms with Crippen LogP contribution in [0.1, 0.15) is 24.0 Å². The number of likely N-dealkylation sites (tertiary alicyclic amines) is 1. The Morgan fingerprint density at radius 3 is 2.79 bits per heavy atom. The Balaban J connectivity index is 0.000000821. The van der Waals surface area contributed by atoms with Gasteiger partial charge in [0.15, 0.2) is 5.78 Å². The van der Waals surface area contributed by atoms with Crippen LogP contribution < -0.4 is 4.74 Å². The number of Topliss-reactive ketones (excluding diaryl/α,β-unsaturated/α-hetero) is 1. The molecule has 0 saturated carbocycles. The normalized spacial score (nSPS) is 18.3. The minimum atomic E-state index is -3.93. The second-order valence-corrected chi connectivity index (χ2v) is 9.93. The Morgan fingerprint density at radius 1 is 1.27 bits per heavy atom. The maximum absolute atomic E-state index is 13.7. The van der Waals surface area contributed by atoms with Gasteiger partial charge < -0.3 is 14.7 Å². The van der Waals surface area contributed by atoms with Crippen LogP contribution in [0.15, 0.2) is 47.6 Å². The predicted octanol–water partition coefficient (Wildman–Crippen LogP) is 2.11. The van der Waals surface area contributed by atoms with E-state index in [-0.39, 0.29) is 30.2 Å². The highest BCUT2D eigenvalue weighted by Gasteiger charge is 2.30. The fraction of sp³-hybridized carbons (Fsp3) is 0.348. The molecular formula is C23H25N3O6S. The van der Waals surface area contributed by atoms with Gasteiger partial charge in [-0.25, -0.2) is 12.4 Å². The van der Waals surface area contributed by atoms with Gasteiger partial charge in [-0.3, -0.25) is 14.6 Å². The minimum absolute atomic E-state index is 0.0219. The maximum atomic E-state index is 13.7. The van der Waals surface area contributed by atoms with Crippen LogP contribution in [0.5, 0.6) is 5.75 Å². The number of ketones is 1. The molecule has 5 rings (SSSR count). The number of carboxylic acid groups (broad SMARTS) is 1. The zero-order chi connectivity index (χ0) is 23.6. The molecule has 0 unspecified atom stereocenters. The lowest BCUT2D eigenvalue weighted by atomic mass is 10.1. The molecule has 2 aliphatic rings. The van der Waals surface area contributed by atoms with E-state index >= 15 is 0 Å². The summed E-state index contributed by atoms with van der Waals surface area (Å²) < 4.78 is 34.2. The first kappa shape index (κ1) is 22.9. The highest BCUT2D eigenvalue weighted by atomic mass is 32.2. The molecule has 174 valence electrons. The molecule has 1 N–H and O–H groups in total. The van der Waals surface area contributed by atoms with Gasteiger partial charge in [0.2, 0.25) is 0 Å². The van der Waals surface area contributed by atoms with E-state index in [0.29, 0.717) is 28.4 Å². The number of hydrogen-bond acceptors (Lipinski definition) is 7. The van der Waals surface area contributed by atoms with Crippen LogP contribution in [-0.4, -0.2) is 65.9 Å². The van der Waals surface area contributed by atoms with Crippen molar-refractivity contribution in [1.82, 2.24) is 13.9 Å². The number of hydrogen-bond donors (Lipinski definition) is 1. The van der Waals surface area contributed by atoms with Gasteiger partial charge in [0.05, 0.1) is 15.9 Å². The van der Waals surface area contributed by atoms with Crippen LogP contribution >= 0.6 is 0 Å². The predicted molar refractivity (Wildman–Crippen MR) is 121 cm³/mol. The first-order chi connectivity index (χ1) is 15.9. The third-order valence-electron chi connectivity index (χ3n) is 6.12. The lowest BCUT2D eigenvalue weighted by molar-refractivity contribution is -0.123. The number of carbonyl (C=O) groups is 2. The quantitative estimate of drug-likeness (QED) is 0.575. The molecule has 1 atom stereocenters. The van der Waals surface area contributed by atoms with Gasteiger partial charge in [-0.05, 0) is 62.7 Å². The molecule has 0 aliphatic carbocycles. The number of likely N-dealkylation sites (N-methyl/N-ethyl adjacent to an activating group) is 1. The van der Waals surface area contributed by atoms with Crippen molar-refractivity contribution in [3.63, 3.8) is 0 Å². The van der Waals surface area contributed by atoms with E-state index in [9.17, 15) is 13.2 Å². The third-order valence-corrected chi connectivity index (χ3v) is 7.88. The Bertz CT molecular complexity index is 1300. The molecule has 10 heteroatoms. The molecule has 33 heavy (non-hydrogen) atoms. The number of carbonyl (C=O) groups excluding carboxylic acids is 1.